The Hall–Kier alpha value is -2.33. The number of nitrogens with zero attached hydrogens (tertiary/aromatic N) is 2. The van der Waals surface area contributed by atoms with Gasteiger partial charge >= 0.3 is 0 Å². The minimum Gasteiger partial charge on any atom is -0.497 e. The van der Waals surface area contributed by atoms with Crippen LogP contribution in [0.1, 0.15) is 28.8 Å². The number of carbonyl (C=O) groups excluding carboxylic acids is 1. The Morgan fingerprint density at radius 3 is 2.47 bits per heavy atom. The molecule has 1 heterocycles. The molecule has 3 rings (SSSR count). The molecule has 0 radical (unpaired) electrons. The van der Waals surface area contributed by atoms with E-state index in [0.29, 0.717) is 24.7 Å². The van der Waals surface area contributed by atoms with Crippen LogP contribution < -0.4 is 20.7 Å². The van der Waals surface area contributed by atoms with Crippen molar-refractivity contribution in [1.82, 2.24) is 20.9 Å². The fourth-order valence-corrected chi connectivity index (χ4v) is 3.79. The molecule has 32 heavy (non-hydrogen) atoms. The average Bonchev–Trinajstić information content (AvgIpc) is 3.26. The van der Waals surface area contributed by atoms with Gasteiger partial charge in [-0.25, -0.2) is 0 Å². The average molecular weight is 551 g/mol. The van der Waals surface area contributed by atoms with Crippen LogP contribution in [0, 0.1) is 0 Å². The van der Waals surface area contributed by atoms with Gasteiger partial charge in [0, 0.05) is 44.8 Å². The van der Waals surface area contributed by atoms with Gasteiger partial charge in [-0.2, -0.15) is 0 Å². The van der Waals surface area contributed by atoms with E-state index in [1.54, 1.807) is 38.4 Å². The second-order valence-corrected chi connectivity index (χ2v) is 7.62. The summed E-state index contributed by atoms with van der Waals surface area (Å²) >= 11 is 0. The summed E-state index contributed by atoms with van der Waals surface area (Å²) in [6, 6.07) is 18.2. The first-order valence-corrected chi connectivity index (χ1v) is 10.8. The Balaban J connectivity index is 0.00000363. The van der Waals surface area contributed by atoms with Crippen molar-refractivity contribution in [3.63, 3.8) is 0 Å². The van der Waals surface area contributed by atoms with Crippen molar-refractivity contribution in [2.24, 2.45) is 4.99 Å². The fraction of sp³-hybridized carbons (Fsp3) is 0.417. The lowest BCUT2D eigenvalue weighted by Crippen LogP contribution is -2.46. The number of ether oxygens (including phenoxy) is 1. The zero-order chi connectivity index (χ0) is 21.9. The van der Waals surface area contributed by atoms with Crippen LogP contribution in [0.15, 0.2) is 59.6 Å². The van der Waals surface area contributed by atoms with Crippen molar-refractivity contribution in [2.45, 2.75) is 25.4 Å². The van der Waals surface area contributed by atoms with Crippen LogP contribution in [0.2, 0.25) is 0 Å². The number of amides is 1. The third-order valence-corrected chi connectivity index (χ3v) is 5.51. The van der Waals surface area contributed by atoms with Gasteiger partial charge in [0.1, 0.15) is 5.75 Å². The fourth-order valence-electron chi connectivity index (χ4n) is 3.79. The molecule has 3 N–H and O–H groups in total. The predicted octanol–water partition coefficient (Wildman–Crippen LogP) is 2.87. The molecule has 2 aromatic carbocycles. The minimum atomic E-state index is -0.102. The molecule has 1 aliphatic rings. The van der Waals surface area contributed by atoms with Gasteiger partial charge in [0.05, 0.1) is 7.11 Å². The Morgan fingerprint density at radius 2 is 1.78 bits per heavy atom. The van der Waals surface area contributed by atoms with Gasteiger partial charge in [-0.1, -0.05) is 30.3 Å². The zero-order valence-corrected chi connectivity index (χ0v) is 21.2. The number of hydrogen-bond donors (Lipinski definition) is 3. The highest BCUT2D eigenvalue weighted by molar-refractivity contribution is 14.0. The molecule has 1 amide bonds. The first-order valence-electron chi connectivity index (χ1n) is 10.8. The summed E-state index contributed by atoms with van der Waals surface area (Å²) in [6.07, 6.45) is 2.41. The molecule has 1 aliphatic heterocycles. The number of carbonyl (C=O) groups is 1. The van der Waals surface area contributed by atoms with Crippen molar-refractivity contribution in [3.8, 4) is 5.75 Å². The van der Waals surface area contributed by atoms with E-state index in [1.165, 1.54) is 18.4 Å². The first-order chi connectivity index (χ1) is 15.2. The Morgan fingerprint density at radius 1 is 1.06 bits per heavy atom. The third kappa shape index (κ3) is 7.98. The van der Waals surface area contributed by atoms with E-state index in [1.807, 2.05) is 0 Å². The highest BCUT2D eigenvalue weighted by Crippen LogP contribution is 2.19. The monoisotopic (exact) mass is 551 g/mol. The number of aliphatic imine (C=N–C) groups is 1. The number of benzene rings is 2. The van der Waals surface area contributed by atoms with E-state index < -0.39 is 0 Å². The maximum Gasteiger partial charge on any atom is 0.251 e. The number of likely N-dealkylation sites (tertiary alicyclic amines) is 1. The Bertz CT molecular complexity index is 845. The number of guanidine groups is 1. The molecule has 1 atom stereocenters. The maximum atomic E-state index is 12.2. The highest BCUT2D eigenvalue weighted by Gasteiger charge is 2.24. The second kappa shape index (κ2) is 13.9. The molecular weight excluding hydrogens is 517 g/mol. The smallest absolute Gasteiger partial charge is 0.251 e. The molecular formula is C24H34IN5O2. The lowest BCUT2D eigenvalue weighted by Gasteiger charge is -2.25. The largest absolute Gasteiger partial charge is 0.497 e. The lowest BCUT2D eigenvalue weighted by atomic mass is 10.2. The van der Waals surface area contributed by atoms with Gasteiger partial charge in [0.2, 0.25) is 0 Å². The van der Waals surface area contributed by atoms with Gasteiger partial charge in [-0.05, 0) is 49.2 Å². The molecule has 1 fully saturated rings. The number of hydrogen-bond acceptors (Lipinski definition) is 4. The van der Waals surface area contributed by atoms with E-state index in [0.717, 1.165) is 31.3 Å². The van der Waals surface area contributed by atoms with Crippen LogP contribution in [0.25, 0.3) is 0 Å². The van der Waals surface area contributed by atoms with Crippen LogP contribution in [-0.2, 0) is 6.54 Å². The first kappa shape index (κ1) is 25.9. The van der Waals surface area contributed by atoms with Gasteiger partial charge < -0.3 is 20.7 Å². The molecule has 7 nitrogen and oxygen atoms in total. The molecule has 0 spiro atoms. The summed E-state index contributed by atoms with van der Waals surface area (Å²) in [7, 11) is 3.37. The van der Waals surface area contributed by atoms with Gasteiger partial charge in [0.25, 0.3) is 5.91 Å². The summed E-state index contributed by atoms with van der Waals surface area (Å²) in [5.74, 6) is 1.39. The quantitative estimate of drug-likeness (QED) is 0.194. The molecule has 1 saturated heterocycles. The number of methoxy groups -OCH3 is 1. The van der Waals surface area contributed by atoms with Gasteiger partial charge in [-0.15, -0.1) is 24.0 Å². The van der Waals surface area contributed by atoms with Crippen molar-refractivity contribution >= 4 is 35.8 Å². The number of rotatable bonds is 9. The molecule has 0 aliphatic carbocycles. The van der Waals surface area contributed by atoms with Crippen LogP contribution in [0.4, 0.5) is 0 Å². The van der Waals surface area contributed by atoms with E-state index in [2.05, 4.69) is 56.2 Å². The minimum absolute atomic E-state index is 0. The van der Waals surface area contributed by atoms with Crippen molar-refractivity contribution in [3.05, 3.63) is 65.7 Å². The van der Waals surface area contributed by atoms with E-state index in [9.17, 15) is 4.79 Å². The molecule has 0 saturated carbocycles. The van der Waals surface area contributed by atoms with Gasteiger partial charge in [0.15, 0.2) is 5.96 Å². The van der Waals surface area contributed by atoms with Gasteiger partial charge in [-0.3, -0.25) is 14.7 Å². The standard InChI is InChI=1S/C24H33N5O2.HI/c1-25-24(27-15-14-26-23(30)20-10-12-22(31-2)13-11-20)28-17-21-9-6-16-29(21)18-19-7-4-3-5-8-19;/h3-5,7-8,10-13,21H,6,9,14-18H2,1-2H3,(H,26,30)(H2,25,27,28);1H. The van der Waals surface area contributed by atoms with Crippen molar-refractivity contribution < 1.29 is 9.53 Å². The summed E-state index contributed by atoms with van der Waals surface area (Å²) in [4.78, 5) is 19.0. The van der Waals surface area contributed by atoms with Crippen LogP contribution >= 0.6 is 24.0 Å². The molecule has 0 aromatic heterocycles. The van der Waals surface area contributed by atoms with E-state index in [-0.39, 0.29) is 29.9 Å². The number of nitrogens with one attached hydrogen (secondary N) is 3. The molecule has 8 heteroatoms. The molecule has 2 aromatic rings. The van der Waals surface area contributed by atoms with Crippen molar-refractivity contribution in [1.29, 1.82) is 0 Å². The predicted molar refractivity (Wildman–Crippen MR) is 140 cm³/mol. The van der Waals surface area contributed by atoms with Crippen LogP contribution in [0.3, 0.4) is 0 Å². The SMILES string of the molecule is CN=C(NCCNC(=O)c1ccc(OC)cc1)NCC1CCCN1Cc1ccccc1.I. The summed E-state index contributed by atoms with van der Waals surface area (Å²) in [6.45, 7) is 4.07. The van der Waals surface area contributed by atoms with Crippen LogP contribution in [-0.4, -0.2) is 63.1 Å². The normalized spacial score (nSPS) is 16.2. The summed E-state index contributed by atoms with van der Waals surface area (Å²) in [5, 5.41) is 9.61. The topological polar surface area (TPSA) is 78.0 Å². The van der Waals surface area contributed by atoms with E-state index in [4.69, 9.17) is 4.74 Å². The Kier molecular flexibility index (Phi) is 11.3. The maximum absolute atomic E-state index is 12.2. The summed E-state index contributed by atoms with van der Waals surface area (Å²) < 4.78 is 5.12. The lowest BCUT2D eigenvalue weighted by molar-refractivity contribution is 0.0954. The van der Waals surface area contributed by atoms with Crippen molar-refractivity contribution in [2.75, 3.05) is 40.3 Å². The second-order valence-electron chi connectivity index (χ2n) is 7.62. The molecule has 174 valence electrons. The molecule has 1 unspecified atom stereocenters. The Labute approximate surface area is 208 Å². The van der Waals surface area contributed by atoms with E-state index >= 15 is 0 Å². The highest BCUT2D eigenvalue weighted by atomic mass is 127. The third-order valence-electron chi connectivity index (χ3n) is 5.51. The summed E-state index contributed by atoms with van der Waals surface area (Å²) in [5.41, 5.74) is 1.97. The zero-order valence-electron chi connectivity index (χ0n) is 18.8. The number of halogens is 1. The molecule has 0 bridgehead atoms. The van der Waals surface area contributed by atoms with Crippen LogP contribution in [0.5, 0.6) is 5.75 Å².